The maximum atomic E-state index is 12.6. The van der Waals surface area contributed by atoms with Gasteiger partial charge in [-0.3, -0.25) is 4.31 Å². The summed E-state index contributed by atoms with van der Waals surface area (Å²) in [5.74, 6) is 0. The van der Waals surface area contributed by atoms with E-state index in [0.29, 0.717) is 6.42 Å². The van der Waals surface area contributed by atoms with Gasteiger partial charge in [-0.1, -0.05) is 18.2 Å². The van der Waals surface area contributed by atoms with E-state index in [2.05, 4.69) is 5.32 Å². The van der Waals surface area contributed by atoms with Gasteiger partial charge in [-0.2, -0.15) is 0 Å². The number of benzene rings is 1. The normalized spacial score (nSPS) is 25.2. The van der Waals surface area contributed by atoms with Crippen LogP contribution < -0.4 is 9.62 Å². The van der Waals surface area contributed by atoms with E-state index in [1.165, 1.54) is 4.31 Å². The monoisotopic (exact) mass is 268 g/mol. The highest BCUT2D eigenvalue weighted by Crippen LogP contribution is 2.48. The van der Waals surface area contributed by atoms with Crippen LogP contribution in [0.25, 0.3) is 0 Å². The average molecular weight is 268 g/mol. The average Bonchev–Trinajstić information content (AvgIpc) is 2.51. The molecule has 1 atom stereocenters. The van der Waals surface area contributed by atoms with Gasteiger partial charge >= 0.3 is 0 Å². The Balaban J connectivity index is 2.45. The first-order valence-electron chi connectivity index (χ1n) is 6.18. The Bertz CT molecular complexity index is 542. The van der Waals surface area contributed by atoms with Crippen LogP contribution in [0.4, 0.5) is 5.69 Å². The molecule has 0 amide bonds. The van der Waals surface area contributed by atoms with E-state index < -0.39 is 14.8 Å². The van der Waals surface area contributed by atoms with Crippen molar-refractivity contribution < 1.29 is 8.42 Å². The van der Waals surface area contributed by atoms with Crippen molar-refractivity contribution in [3.63, 3.8) is 0 Å². The van der Waals surface area contributed by atoms with Crippen LogP contribution in [0.15, 0.2) is 24.3 Å². The number of anilines is 1. The van der Waals surface area contributed by atoms with Crippen molar-refractivity contribution in [2.75, 3.05) is 24.9 Å². The first-order valence-corrected chi connectivity index (χ1v) is 7.62. The molecule has 0 aromatic heterocycles. The molecule has 1 aliphatic heterocycles. The highest BCUT2D eigenvalue weighted by atomic mass is 32.2. The van der Waals surface area contributed by atoms with Gasteiger partial charge in [0.15, 0.2) is 0 Å². The molecular formula is C13H20N2O2S. The minimum atomic E-state index is -3.30. The van der Waals surface area contributed by atoms with Crippen LogP contribution in [0.5, 0.6) is 0 Å². The van der Waals surface area contributed by atoms with Crippen molar-refractivity contribution in [1.82, 2.24) is 5.32 Å². The van der Waals surface area contributed by atoms with Crippen LogP contribution in [0.2, 0.25) is 0 Å². The van der Waals surface area contributed by atoms with Crippen molar-refractivity contribution in [1.29, 1.82) is 0 Å². The summed E-state index contributed by atoms with van der Waals surface area (Å²) in [6.45, 7) is 2.66. The molecule has 5 heteroatoms. The van der Waals surface area contributed by atoms with Gasteiger partial charge in [0.2, 0.25) is 10.0 Å². The maximum absolute atomic E-state index is 12.6. The molecular weight excluding hydrogens is 248 g/mol. The van der Waals surface area contributed by atoms with Crippen LogP contribution in [0.1, 0.15) is 25.3 Å². The summed E-state index contributed by atoms with van der Waals surface area (Å²) in [6, 6.07) is 7.58. The molecule has 1 aromatic rings. The lowest BCUT2D eigenvalue weighted by Crippen LogP contribution is -2.36. The minimum absolute atomic E-state index is 0.636. The molecule has 1 unspecified atom stereocenters. The highest BCUT2D eigenvalue weighted by Gasteiger charge is 2.50. The molecule has 1 aromatic carbocycles. The number of sulfonamides is 1. The summed E-state index contributed by atoms with van der Waals surface area (Å²) in [4.78, 5) is 0. The van der Waals surface area contributed by atoms with Gasteiger partial charge in [0, 0.05) is 7.05 Å². The summed E-state index contributed by atoms with van der Waals surface area (Å²) in [5.41, 5.74) is 1.73. The lowest BCUT2D eigenvalue weighted by atomic mass is 9.93. The molecule has 0 spiro atoms. The number of fused-ring (bicyclic) bond motifs is 1. The van der Waals surface area contributed by atoms with Crippen molar-refractivity contribution in [2.45, 2.75) is 24.5 Å². The Morgan fingerprint density at radius 2 is 2.00 bits per heavy atom. The quantitative estimate of drug-likeness (QED) is 0.845. The third-order valence-electron chi connectivity index (χ3n) is 3.82. The number of hydrogen-bond acceptors (Lipinski definition) is 3. The highest BCUT2D eigenvalue weighted by molar-refractivity contribution is 7.94. The smallest absolute Gasteiger partial charge is 0.244 e. The predicted molar refractivity (Wildman–Crippen MR) is 74.3 cm³/mol. The molecule has 1 aliphatic rings. The zero-order valence-corrected chi connectivity index (χ0v) is 11.9. The molecule has 0 radical (unpaired) electrons. The summed E-state index contributed by atoms with van der Waals surface area (Å²) in [7, 11) is 0.218. The third kappa shape index (κ3) is 1.73. The number of rotatable bonds is 4. The number of nitrogens with zero attached hydrogens (tertiary/aromatic N) is 1. The van der Waals surface area contributed by atoms with E-state index in [1.54, 1.807) is 7.05 Å². The number of nitrogens with one attached hydrogen (secondary N) is 1. The van der Waals surface area contributed by atoms with E-state index in [-0.39, 0.29) is 0 Å². The van der Waals surface area contributed by atoms with Gasteiger partial charge in [0.05, 0.1) is 5.69 Å². The second-order valence-corrected chi connectivity index (χ2v) is 7.33. The third-order valence-corrected chi connectivity index (χ3v) is 6.30. The maximum Gasteiger partial charge on any atom is 0.244 e. The lowest BCUT2D eigenvalue weighted by molar-refractivity contribution is 0.508. The van der Waals surface area contributed by atoms with Crippen molar-refractivity contribution >= 4 is 15.7 Å². The van der Waals surface area contributed by atoms with Gasteiger partial charge in [-0.05, 0) is 45.0 Å². The Morgan fingerprint density at radius 1 is 1.33 bits per heavy atom. The van der Waals surface area contributed by atoms with Gasteiger partial charge in [0.25, 0.3) is 0 Å². The fraction of sp³-hybridized carbons (Fsp3) is 0.538. The molecule has 0 saturated carbocycles. The largest absolute Gasteiger partial charge is 0.320 e. The second-order valence-electron chi connectivity index (χ2n) is 4.93. The molecule has 0 bridgehead atoms. The van der Waals surface area contributed by atoms with E-state index in [0.717, 1.165) is 24.2 Å². The molecule has 4 nitrogen and oxygen atoms in total. The van der Waals surface area contributed by atoms with Crippen LogP contribution in [0.3, 0.4) is 0 Å². The first-order chi connectivity index (χ1) is 8.45. The minimum Gasteiger partial charge on any atom is -0.320 e. The van der Waals surface area contributed by atoms with Crippen LogP contribution >= 0.6 is 0 Å². The van der Waals surface area contributed by atoms with E-state index in [4.69, 9.17) is 0 Å². The number of hydrogen-bond donors (Lipinski definition) is 1. The predicted octanol–water partition coefficient (Wildman–Crippen LogP) is 1.68. The first kappa shape index (κ1) is 13.4. The fourth-order valence-electron chi connectivity index (χ4n) is 2.63. The van der Waals surface area contributed by atoms with E-state index in [1.807, 2.05) is 38.2 Å². The Kier molecular flexibility index (Phi) is 3.38. The van der Waals surface area contributed by atoms with Crippen LogP contribution in [0, 0.1) is 0 Å². The Labute approximate surface area is 109 Å². The zero-order chi connectivity index (χ0) is 13.4. The van der Waals surface area contributed by atoms with Crippen LogP contribution in [-0.4, -0.2) is 29.1 Å². The van der Waals surface area contributed by atoms with Crippen molar-refractivity contribution in [2.24, 2.45) is 0 Å². The summed E-state index contributed by atoms with van der Waals surface area (Å²) >= 11 is 0. The summed E-state index contributed by atoms with van der Waals surface area (Å²) in [6.07, 6.45) is 1.48. The molecule has 1 heterocycles. The number of para-hydroxylation sites is 1. The lowest BCUT2D eigenvalue weighted by Gasteiger charge is -2.24. The van der Waals surface area contributed by atoms with Gasteiger partial charge in [-0.15, -0.1) is 0 Å². The summed E-state index contributed by atoms with van der Waals surface area (Å²) in [5, 5.41) is 3.06. The molecule has 100 valence electrons. The zero-order valence-electron chi connectivity index (χ0n) is 11.1. The molecule has 0 saturated heterocycles. The molecule has 0 aliphatic carbocycles. The SMILES string of the molecule is CNCCCC1(C)c2ccccc2N(C)S1(=O)=O. The molecule has 18 heavy (non-hydrogen) atoms. The van der Waals surface area contributed by atoms with E-state index in [9.17, 15) is 8.42 Å². The van der Waals surface area contributed by atoms with Crippen LogP contribution in [-0.2, 0) is 14.8 Å². The standard InChI is InChI=1S/C13H20N2O2S/c1-13(9-6-10-14-2)11-7-4-5-8-12(11)15(3)18(13,16)17/h4-5,7-8,14H,6,9-10H2,1-3H3. The van der Waals surface area contributed by atoms with E-state index >= 15 is 0 Å². The molecule has 0 fully saturated rings. The topological polar surface area (TPSA) is 49.4 Å². The van der Waals surface area contributed by atoms with Gasteiger partial charge in [0.1, 0.15) is 4.75 Å². The Morgan fingerprint density at radius 3 is 2.67 bits per heavy atom. The Hall–Kier alpha value is -1.07. The molecule has 1 N–H and O–H groups in total. The van der Waals surface area contributed by atoms with Gasteiger partial charge < -0.3 is 5.32 Å². The fourth-order valence-corrected chi connectivity index (χ4v) is 4.51. The summed E-state index contributed by atoms with van der Waals surface area (Å²) < 4.78 is 25.8. The second kappa shape index (κ2) is 4.55. The molecule has 2 rings (SSSR count). The van der Waals surface area contributed by atoms with Gasteiger partial charge in [-0.25, -0.2) is 8.42 Å². The van der Waals surface area contributed by atoms with Crippen molar-refractivity contribution in [3.8, 4) is 0 Å². The van der Waals surface area contributed by atoms with Crippen molar-refractivity contribution in [3.05, 3.63) is 29.8 Å².